The van der Waals surface area contributed by atoms with Gasteiger partial charge in [-0.3, -0.25) is 0 Å². The average molecular weight is 327 g/mol. The molecule has 0 unspecified atom stereocenters. The molecule has 0 saturated heterocycles. The molecule has 0 aliphatic rings. The summed E-state index contributed by atoms with van der Waals surface area (Å²) in [6.45, 7) is 1.86. The van der Waals surface area contributed by atoms with Gasteiger partial charge in [-0.05, 0) is 42.8 Å². The van der Waals surface area contributed by atoms with Gasteiger partial charge in [0.05, 0.1) is 11.1 Å². The Bertz CT molecular complexity index is 754. The fraction of sp³-hybridized carbons (Fsp3) is 0.0714. The molecule has 0 amide bonds. The molecule has 0 fully saturated rings. The van der Waals surface area contributed by atoms with Crippen LogP contribution in [-0.2, 0) is 10.0 Å². The number of nitrogens with zero attached hydrogens (tertiary/aromatic N) is 1. The van der Waals surface area contributed by atoms with Crippen molar-refractivity contribution >= 4 is 27.8 Å². The van der Waals surface area contributed by atoms with Crippen LogP contribution >= 0.6 is 11.6 Å². The van der Waals surface area contributed by atoms with Crippen molar-refractivity contribution in [2.75, 3.05) is 0 Å². The summed E-state index contributed by atoms with van der Waals surface area (Å²) >= 11 is 5.69. The zero-order valence-corrected chi connectivity index (χ0v) is 12.6. The van der Waals surface area contributed by atoms with Crippen molar-refractivity contribution in [2.45, 2.75) is 11.8 Å². The zero-order valence-electron chi connectivity index (χ0n) is 11.0. The highest BCUT2D eigenvalue weighted by molar-refractivity contribution is 7.89. The van der Waals surface area contributed by atoms with Crippen molar-refractivity contribution in [1.29, 1.82) is 0 Å². The maximum atomic E-state index is 13.1. The van der Waals surface area contributed by atoms with E-state index >= 15 is 0 Å². The van der Waals surface area contributed by atoms with Crippen LogP contribution in [0, 0.1) is 12.7 Å². The van der Waals surface area contributed by atoms with Crippen LogP contribution < -0.4 is 4.83 Å². The first-order chi connectivity index (χ1) is 9.87. The predicted octanol–water partition coefficient (Wildman–Crippen LogP) is 3.10. The predicted molar refractivity (Wildman–Crippen MR) is 80.5 cm³/mol. The van der Waals surface area contributed by atoms with E-state index in [1.54, 1.807) is 12.1 Å². The Kier molecular flexibility index (Phi) is 4.59. The summed E-state index contributed by atoms with van der Waals surface area (Å²) in [5.41, 5.74) is 1.30. The quantitative estimate of drug-likeness (QED) is 0.693. The molecule has 0 heterocycles. The minimum Gasteiger partial charge on any atom is -0.207 e. The summed E-state index contributed by atoms with van der Waals surface area (Å²) in [7, 11) is -3.74. The van der Waals surface area contributed by atoms with Gasteiger partial charge in [-0.2, -0.15) is 13.5 Å². The molecule has 0 radical (unpaired) electrons. The molecule has 7 heteroatoms. The molecule has 2 rings (SSSR count). The van der Waals surface area contributed by atoms with Crippen molar-refractivity contribution < 1.29 is 12.8 Å². The smallest absolute Gasteiger partial charge is 0.207 e. The second-order valence-electron chi connectivity index (χ2n) is 4.37. The van der Waals surface area contributed by atoms with Gasteiger partial charge in [-0.1, -0.05) is 29.3 Å². The Morgan fingerprint density at radius 2 is 1.86 bits per heavy atom. The second-order valence-corrected chi connectivity index (χ2v) is 6.47. The number of sulfonamides is 1. The first-order valence-corrected chi connectivity index (χ1v) is 7.80. The van der Waals surface area contributed by atoms with Gasteiger partial charge in [-0.25, -0.2) is 9.22 Å². The molecule has 1 N–H and O–H groups in total. The molecule has 110 valence electrons. The fourth-order valence-electron chi connectivity index (χ4n) is 1.59. The lowest BCUT2D eigenvalue weighted by molar-refractivity contribution is 0.584. The molecule has 2 aromatic carbocycles. The highest BCUT2D eigenvalue weighted by Crippen LogP contribution is 2.13. The van der Waals surface area contributed by atoms with Crippen LogP contribution in [0.1, 0.15) is 11.1 Å². The van der Waals surface area contributed by atoms with E-state index in [9.17, 15) is 12.8 Å². The summed E-state index contributed by atoms with van der Waals surface area (Å²) in [6, 6.07) is 10.1. The zero-order chi connectivity index (χ0) is 15.5. The molecule has 0 spiro atoms. The topological polar surface area (TPSA) is 58.5 Å². The van der Waals surface area contributed by atoms with E-state index in [1.165, 1.54) is 30.5 Å². The Morgan fingerprint density at radius 1 is 1.19 bits per heavy atom. The molecular weight excluding hydrogens is 315 g/mol. The molecule has 0 aromatic heterocycles. The van der Waals surface area contributed by atoms with E-state index in [-0.39, 0.29) is 9.92 Å². The maximum absolute atomic E-state index is 13.1. The molecule has 21 heavy (non-hydrogen) atoms. The van der Waals surface area contributed by atoms with E-state index in [4.69, 9.17) is 11.6 Å². The third-order valence-electron chi connectivity index (χ3n) is 2.60. The van der Waals surface area contributed by atoms with Crippen LogP contribution in [0.2, 0.25) is 5.02 Å². The minimum absolute atomic E-state index is 0.0996. The number of aryl methyl sites for hydroxylation is 1. The fourth-order valence-corrected chi connectivity index (χ4v) is 2.61. The van der Waals surface area contributed by atoms with Gasteiger partial charge in [0.1, 0.15) is 5.82 Å². The summed E-state index contributed by atoms with van der Waals surface area (Å²) in [5, 5.41) is 3.81. The molecule has 0 saturated carbocycles. The first-order valence-electron chi connectivity index (χ1n) is 5.94. The standard InChI is InChI=1S/C14H12ClFN2O2S/c1-10-2-4-14(5-3-10)21(19,20)18-17-9-11-6-12(15)8-13(16)7-11/h2-9,18H,1H3. The Hall–Kier alpha value is -1.92. The SMILES string of the molecule is Cc1ccc(S(=O)(=O)NN=Cc2cc(F)cc(Cl)c2)cc1. The Balaban J connectivity index is 2.14. The third-order valence-corrected chi connectivity index (χ3v) is 4.06. The number of halogens is 2. The van der Waals surface area contributed by atoms with Gasteiger partial charge in [0.25, 0.3) is 10.0 Å². The van der Waals surface area contributed by atoms with Crippen molar-refractivity contribution in [1.82, 2.24) is 4.83 Å². The van der Waals surface area contributed by atoms with E-state index in [1.807, 2.05) is 6.92 Å². The molecule has 2 aromatic rings. The lowest BCUT2D eigenvalue weighted by Gasteiger charge is -2.03. The number of hydrazone groups is 1. The van der Waals surface area contributed by atoms with Crippen LogP contribution in [-0.4, -0.2) is 14.6 Å². The van der Waals surface area contributed by atoms with Gasteiger partial charge in [-0.15, -0.1) is 0 Å². The molecule has 0 atom stereocenters. The van der Waals surface area contributed by atoms with Crippen molar-refractivity contribution in [3.8, 4) is 0 Å². The number of nitrogens with one attached hydrogen (secondary N) is 1. The second kappa shape index (κ2) is 6.24. The number of benzene rings is 2. The van der Waals surface area contributed by atoms with Gasteiger partial charge in [0.2, 0.25) is 0 Å². The largest absolute Gasteiger partial charge is 0.276 e. The van der Waals surface area contributed by atoms with Crippen LogP contribution in [0.15, 0.2) is 52.5 Å². The molecule has 4 nitrogen and oxygen atoms in total. The van der Waals surface area contributed by atoms with Gasteiger partial charge in [0.15, 0.2) is 0 Å². The third kappa shape index (κ3) is 4.27. The van der Waals surface area contributed by atoms with Gasteiger partial charge < -0.3 is 0 Å². The summed E-state index contributed by atoms with van der Waals surface area (Å²) in [6.07, 6.45) is 1.18. The van der Waals surface area contributed by atoms with Crippen molar-refractivity contribution in [3.05, 3.63) is 64.4 Å². The lowest BCUT2D eigenvalue weighted by atomic mass is 10.2. The van der Waals surface area contributed by atoms with Crippen molar-refractivity contribution in [2.24, 2.45) is 5.10 Å². The van der Waals surface area contributed by atoms with Crippen LogP contribution in [0.4, 0.5) is 4.39 Å². The summed E-state index contributed by atoms with van der Waals surface area (Å²) in [5.74, 6) is -0.523. The van der Waals surface area contributed by atoms with E-state index in [2.05, 4.69) is 9.93 Å². The van der Waals surface area contributed by atoms with Crippen LogP contribution in [0.5, 0.6) is 0 Å². The van der Waals surface area contributed by atoms with E-state index < -0.39 is 15.8 Å². The normalized spacial score (nSPS) is 11.8. The van der Waals surface area contributed by atoms with Crippen LogP contribution in [0.3, 0.4) is 0 Å². The Labute approximate surface area is 127 Å². The first kappa shape index (κ1) is 15.5. The minimum atomic E-state index is -3.74. The van der Waals surface area contributed by atoms with Gasteiger partial charge in [0, 0.05) is 5.02 Å². The van der Waals surface area contributed by atoms with Crippen molar-refractivity contribution in [3.63, 3.8) is 0 Å². The van der Waals surface area contributed by atoms with E-state index in [0.29, 0.717) is 5.56 Å². The monoisotopic (exact) mass is 326 g/mol. The molecular formula is C14H12ClFN2O2S. The van der Waals surface area contributed by atoms with E-state index in [0.717, 1.165) is 11.6 Å². The summed E-state index contributed by atoms with van der Waals surface area (Å²) < 4.78 is 37.0. The average Bonchev–Trinajstić information content (AvgIpc) is 2.37. The van der Waals surface area contributed by atoms with Gasteiger partial charge >= 0.3 is 0 Å². The number of hydrogen-bond donors (Lipinski definition) is 1. The molecule has 0 aliphatic carbocycles. The summed E-state index contributed by atoms with van der Waals surface area (Å²) in [4.78, 5) is 2.16. The molecule has 0 aliphatic heterocycles. The Morgan fingerprint density at radius 3 is 2.48 bits per heavy atom. The number of hydrogen-bond acceptors (Lipinski definition) is 3. The highest BCUT2D eigenvalue weighted by Gasteiger charge is 2.11. The number of rotatable bonds is 4. The molecule has 0 bridgehead atoms. The maximum Gasteiger partial charge on any atom is 0.276 e. The van der Waals surface area contributed by atoms with Crippen LogP contribution in [0.25, 0.3) is 0 Å². The highest BCUT2D eigenvalue weighted by atomic mass is 35.5. The lowest BCUT2D eigenvalue weighted by Crippen LogP contribution is -2.18.